The first kappa shape index (κ1) is 16.3. The highest BCUT2D eigenvalue weighted by Gasteiger charge is 2.40. The van der Waals surface area contributed by atoms with Crippen molar-refractivity contribution in [2.24, 2.45) is 0 Å². The topological polar surface area (TPSA) is 68.3 Å². The lowest BCUT2D eigenvalue weighted by molar-refractivity contribution is -0.135. The molecule has 1 N–H and O–H groups in total. The van der Waals surface area contributed by atoms with Gasteiger partial charge in [-0.25, -0.2) is 9.78 Å². The van der Waals surface area contributed by atoms with Crippen LogP contribution in [0.25, 0.3) is 0 Å². The molecule has 0 atom stereocenters. The first-order valence-corrected chi connectivity index (χ1v) is 5.82. The van der Waals surface area contributed by atoms with E-state index in [4.69, 9.17) is 0 Å². The molecule has 20 heavy (non-hydrogen) atoms. The number of rotatable bonds is 4. The maximum Gasteiger partial charge on any atom is 0.428 e. The summed E-state index contributed by atoms with van der Waals surface area (Å²) in [6, 6.07) is 0. The molecule has 1 aromatic heterocycles. The molecule has 1 rings (SSSR count). The van der Waals surface area contributed by atoms with E-state index >= 15 is 0 Å². The van der Waals surface area contributed by atoms with Crippen LogP contribution in [0.5, 0.6) is 0 Å². The second kappa shape index (κ2) is 6.11. The Bertz CT molecular complexity index is 514. The van der Waals surface area contributed by atoms with Crippen LogP contribution < -0.4 is 5.32 Å². The van der Waals surface area contributed by atoms with E-state index in [0.717, 1.165) is 0 Å². The monoisotopic (exact) mass is 318 g/mol. The number of ether oxygens (including phenoxy) is 1. The number of amides is 1. The van der Waals surface area contributed by atoms with E-state index in [1.54, 1.807) is 0 Å². The lowest BCUT2D eigenvalue weighted by Crippen LogP contribution is -2.20. The third kappa shape index (κ3) is 3.85. The molecule has 0 saturated carbocycles. The Kier molecular flexibility index (Phi) is 4.98. The van der Waals surface area contributed by atoms with Gasteiger partial charge in [0.1, 0.15) is 4.88 Å². The van der Waals surface area contributed by atoms with Crippen molar-refractivity contribution in [1.29, 1.82) is 0 Å². The van der Waals surface area contributed by atoms with Crippen molar-refractivity contribution in [2.75, 3.05) is 11.9 Å². The van der Waals surface area contributed by atoms with Crippen LogP contribution in [0.2, 0.25) is 0 Å². The standard InChI is InChI=1S/C9H7F5N2O3S/c1-2-19-7(18)3-4(9(12,13)14)20-8(15-3)16-6(17)5(10)11/h5H,2H2,1H3,(H,15,16,17). The number of hydrogen-bond acceptors (Lipinski definition) is 5. The van der Waals surface area contributed by atoms with Crippen molar-refractivity contribution in [2.45, 2.75) is 19.5 Å². The molecule has 5 nitrogen and oxygen atoms in total. The SMILES string of the molecule is CCOC(=O)c1nc(NC(=O)C(F)F)sc1C(F)(F)F. The Labute approximate surface area is 112 Å². The molecular formula is C9H7F5N2O3S. The Morgan fingerprint density at radius 3 is 2.45 bits per heavy atom. The first-order valence-electron chi connectivity index (χ1n) is 5.01. The molecule has 0 aliphatic heterocycles. The van der Waals surface area contributed by atoms with Crippen molar-refractivity contribution in [1.82, 2.24) is 4.98 Å². The van der Waals surface area contributed by atoms with Gasteiger partial charge in [0.15, 0.2) is 10.8 Å². The van der Waals surface area contributed by atoms with Gasteiger partial charge in [0.05, 0.1) is 6.61 Å². The van der Waals surface area contributed by atoms with Gasteiger partial charge in [0, 0.05) is 0 Å². The summed E-state index contributed by atoms with van der Waals surface area (Å²) in [5.41, 5.74) is -1.08. The largest absolute Gasteiger partial charge is 0.461 e. The maximum atomic E-state index is 12.7. The van der Waals surface area contributed by atoms with Crippen LogP contribution in [0, 0.1) is 0 Å². The Morgan fingerprint density at radius 2 is 2.00 bits per heavy atom. The molecule has 0 fully saturated rings. The van der Waals surface area contributed by atoms with Gasteiger partial charge in [-0.3, -0.25) is 10.1 Å². The van der Waals surface area contributed by atoms with Crippen molar-refractivity contribution in [3.63, 3.8) is 0 Å². The molecular weight excluding hydrogens is 311 g/mol. The van der Waals surface area contributed by atoms with E-state index in [2.05, 4.69) is 9.72 Å². The zero-order valence-corrected chi connectivity index (χ0v) is 10.6. The second-order valence-electron chi connectivity index (χ2n) is 3.20. The van der Waals surface area contributed by atoms with E-state index in [0.29, 0.717) is 0 Å². The molecule has 0 aromatic carbocycles. The number of nitrogens with one attached hydrogen (secondary N) is 1. The van der Waals surface area contributed by atoms with Crippen LogP contribution >= 0.6 is 11.3 Å². The van der Waals surface area contributed by atoms with Gasteiger partial charge in [-0.05, 0) is 6.92 Å². The summed E-state index contributed by atoms with van der Waals surface area (Å²) in [7, 11) is 0. The zero-order chi connectivity index (χ0) is 15.5. The number of esters is 1. The van der Waals surface area contributed by atoms with E-state index < -0.39 is 40.2 Å². The summed E-state index contributed by atoms with van der Waals surface area (Å²) in [6.07, 6.45) is -8.34. The fraction of sp³-hybridized carbons (Fsp3) is 0.444. The molecule has 0 radical (unpaired) electrons. The molecule has 0 spiro atoms. The average molecular weight is 318 g/mol. The fourth-order valence-electron chi connectivity index (χ4n) is 1.06. The van der Waals surface area contributed by atoms with Gasteiger partial charge >= 0.3 is 18.6 Å². The van der Waals surface area contributed by atoms with Gasteiger partial charge < -0.3 is 4.74 Å². The Balaban J connectivity index is 3.12. The summed E-state index contributed by atoms with van der Waals surface area (Å²) in [6.45, 7) is 1.18. The lowest BCUT2D eigenvalue weighted by Gasteiger charge is -2.04. The van der Waals surface area contributed by atoms with Crippen LogP contribution in [0.1, 0.15) is 22.3 Å². The smallest absolute Gasteiger partial charge is 0.428 e. The summed E-state index contributed by atoms with van der Waals surface area (Å²) < 4.78 is 66.3. The van der Waals surface area contributed by atoms with E-state index in [1.807, 2.05) is 0 Å². The number of halogens is 5. The van der Waals surface area contributed by atoms with Gasteiger partial charge in [0.25, 0.3) is 5.91 Å². The number of anilines is 1. The van der Waals surface area contributed by atoms with Gasteiger partial charge in [0.2, 0.25) is 0 Å². The highest BCUT2D eigenvalue weighted by molar-refractivity contribution is 7.16. The summed E-state index contributed by atoms with van der Waals surface area (Å²) in [5, 5.41) is 0.723. The quantitative estimate of drug-likeness (QED) is 0.684. The second-order valence-corrected chi connectivity index (χ2v) is 4.20. The third-order valence-electron chi connectivity index (χ3n) is 1.78. The maximum absolute atomic E-state index is 12.7. The van der Waals surface area contributed by atoms with Crippen LogP contribution in [0.3, 0.4) is 0 Å². The van der Waals surface area contributed by atoms with Crippen molar-refractivity contribution >= 4 is 28.3 Å². The normalized spacial score (nSPS) is 11.6. The average Bonchev–Trinajstić information content (AvgIpc) is 2.73. The van der Waals surface area contributed by atoms with Crippen LogP contribution in [0.15, 0.2) is 0 Å². The highest BCUT2D eigenvalue weighted by Crippen LogP contribution is 2.38. The molecule has 1 amide bonds. The van der Waals surface area contributed by atoms with Gasteiger partial charge in [-0.2, -0.15) is 22.0 Å². The lowest BCUT2D eigenvalue weighted by atomic mass is 10.3. The highest BCUT2D eigenvalue weighted by atomic mass is 32.1. The zero-order valence-electron chi connectivity index (χ0n) is 9.75. The number of alkyl halides is 5. The molecule has 1 heterocycles. The number of aromatic nitrogens is 1. The molecule has 112 valence electrons. The molecule has 0 aliphatic rings. The number of hydrogen-bond donors (Lipinski definition) is 1. The fourth-order valence-corrected chi connectivity index (χ4v) is 1.89. The summed E-state index contributed by atoms with van der Waals surface area (Å²) >= 11 is -0.136. The number of nitrogens with zero attached hydrogens (tertiary/aromatic N) is 1. The van der Waals surface area contributed by atoms with Crippen LogP contribution in [-0.4, -0.2) is 29.9 Å². The summed E-state index contributed by atoms with van der Waals surface area (Å²) in [5.74, 6) is -3.17. The first-order chi connectivity index (χ1) is 9.16. The molecule has 0 unspecified atom stereocenters. The Morgan fingerprint density at radius 1 is 1.40 bits per heavy atom. The predicted molar refractivity (Wildman–Crippen MR) is 57.7 cm³/mol. The van der Waals surface area contributed by atoms with Crippen molar-refractivity contribution in [3.8, 4) is 0 Å². The molecule has 11 heteroatoms. The van der Waals surface area contributed by atoms with E-state index in [9.17, 15) is 31.5 Å². The third-order valence-corrected chi connectivity index (χ3v) is 2.80. The van der Waals surface area contributed by atoms with Gasteiger partial charge in [-0.15, -0.1) is 0 Å². The van der Waals surface area contributed by atoms with E-state index in [-0.39, 0.29) is 17.9 Å². The minimum Gasteiger partial charge on any atom is -0.461 e. The molecule has 0 aliphatic carbocycles. The van der Waals surface area contributed by atoms with Crippen molar-refractivity contribution < 1.29 is 36.3 Å². The van der Waals surface area contributed by atoms with Crippen molar-refractivity contribution in [3.05, 3.63) is 10.6 Å². The number of carbonyl (C=O) groups is 2. The van der Waals surface area contributed by atoms with E-state index in [1.165, 1.54) is 12.2 Å². The molecule has 0 saturated heterocycles. The Hall–Kier alpha value is -1.78. The summed E-state index contributed by atoms with van der Waals surface area (Å²) in [4.78, 5) is 23.7. The minimum atomic E-state index is -4.92. The number of thiazole rings is 1. The van der Waals surface area contributed by atoms with Crippen LogP contribution in [0.4, 0.5) is 27.1 Å². The minimum absolute atomic E-state index is 0.136. The van der Waals surface area contributed by atoms with Crippen LogP contribution in [-0.2, 0) is 15.7 Å². The number of carbonyl (C=O) groups excluding carboxylic acids is 2. The molecule has 1 aromatic rings. The predicted octanol–water partition coefficient (Wildman–Crippen LogP) is 2.54. The molecule has 0 bridgehead atoms. The van der Waals surface area contributed by atoms with Gasteiger partial charge in [-0.1, -0.05) is 11.3 Å².